The Morgan fingerprint density at radius 2 is 2.12 bits per heavy atom. The van der Waals surface area contributed by atoms with Gasteiger partial charge < -0.3 is 9.64 Å². The predicted molar refractivity (Wildman–Crippen MR) is 94.3 cm³/mol. The molecule has 1 aliphatic rings. The molecule has 0 radical (unpaired) electrons. The summed E-state index contributed by atoms with van der Waals surface area (Å²) in [7, 11) is -3.17. The van der Waals surface area contributed by atoms with Crippen molar-refractivity contribution in [2.45, 2.75) is 25.6 Å². The van der Waals surface area contributed by atoms with Crippen LogP contribution in [-0.4, -0.2) is 43.4 Å². The van der Waals surface area contributed by atoms with E-state index in [1.807, 2.05) is 17.5 Å². The topological polar surface area (TPSA) is 63.7 Å². The summed E-state index contributed by atoms with van der Waals surface area (Å²) < 4.78 is 52.9. The fraction of sp³-hybridized carbons (Fsp3) is 0.353. The van der Waals surface area contributed by atoms with Crippen LogP contribution >= 0.6 is 11.3 Å². The molecule has 1 aromatic heterocycles. The minimum atomic E-state index is -3.17. The number of carbonyl (C=O) groups is 1. The third-order valence-corrected chi connectivity index (χ3v) is 6.73. The molecule has 0 spiro atoms. The van der Waals surface area contributed by atoms with Crippen LogP contribution in [-0.2, 0) is 16.4 Å². The zero-order valence-corrected chi connectivity index (χ0v) is 15.3. The molecule has 26 heavy (non-hydrogen) atoms. The van der Waals surface area contributed by atoms with Crippen LogP contribution in [0.15, 0.2) is 41.8 Å². The summed E-state index contributed by atoms with van der Waals surface area (Å²) in [6.07, 6.45) is 0.368. The number of hydrogen-bond donors (Lipinski definition) is 0. The van der Waals surface area contributed by atoms with Crippen LogP contribution < -0.4 is 4.74 Å². The highest BCUT2D eigenvalue weighted by Crippen LogP contribution is 2.25. The Morgan fingerprint density at radius 1 is 1.31 bits per heavy atom. The first-order valence-electron chi connectivity index (χ1n) is 7.93. The summed E-state index contributed by atoms with van der Waals surface area (Å²) in [6, 6.07) is 8.83. The third kappa shape index (κ3) is 4.59. The molecule has 3 rings (SSSR count). The largest absolute Gasteiger partial charge is 0.435 e. The average Bonchev–Trinajstić information content (AvgIpc) is 3.21. The molecule has 0 bridgehead atoms. The van der Waals surface area contributed by atoms with Crippen molar-refractivity contribution in [1.29, 1.82) is 0 Å². The molecule has 2 aromatic rings. The molecule has 0 saturated carbocycles. The van der Waals surface area contributed by atoms with Crippen molar-refractivity contribution in [1.82, 2.24) is 4.90 Å². The van der Waals surface area contributed by atoms with Crippen LogP contribution in [0, 0.1) is 0 Å². The highest BCUT2D eigenvalue weighted by atomic mass is 32.2. The van der Waals surface area contributed by atoms with E-state index in [0.29, 0.717) is 6.42 Å². The van der Waals surface area contributed by atoms with Crippen LogP contribution in [0.25, 0.3) is 0 Å². The van der Waals surface area contributed by atoms with Gasteiger partial charge in [-0.15, -0.1) is 11.3 Å². The lowest BCUT2D eigenvalue weighted by atomic mass is 10.1. The van der Waals surface area contributed by atoms with Gasteiger partial charge in [0, 0.05) is 16.5 Å². The van der Waals surface area contributed by atoms with Gasteiger partial charge in [0.15, 0.2) is 9.84 Å². The molecule has 9 heteroatoms. The van der Waals surface area contributed by atoms with Crippen LogP contribution in [0.5, 0.6) is 5.75 Å². The van der Waals surface area contributed by atoms with E-state index in [1.54, 1.807) is 0 Å². The van der Waals surface area contributed by atoms with E-state index >= 15 is 0 Å². The second kappa shape index (κ2) is 7.71. The van der Waals surface area contributed by atoms with E-state index in [1.165, 1.54) is 40.5 Å². The zero-order chi connectivity index (χ0) is 18.7. The molecule has 1 aliphatic heterocycles. The number of nitrogens with zero attached hydrogens (tertiary/aromatic N) is 1. The number of thiophene rings is 1. The van der Waals surface area contributed by atoms with Crippen molar-refractivity contribution < 1.29 is 26.7 Å². The second-order valence-corrected chi connectivity index (χ2v) is 9.24. The number of carbonyl (C=O) groups excluding carboxylic acids is 1. The Balaban J connectivity index is 1.87. The van der Waals surface area contributed by atoms with Crippen molar-refractivity contribution in [2.75, 3.05) is 11.5 Å². The maximum atomic E-state index is 13.0. The Kier molecular flexibility index (Phi) is 5.57. The highest BCUT2D eigenvalue weighted by Gasteiger charge is 2.35. The van der Waals surface area contributed by atoms with E-state index in [9.17, 15) is 22.0 Å². The predicted octanol–water partition coefficient (Wildman–Crippen LogP) is 3.18. The van der Waals surface area contributed by atoms with Gasteiger partial charge >= 0.3 is 6.61 Å². The van der Waals surface area contributed by atoms with E-state index < -0.39 is 28.4 Å². The van der Waals surface area contributed by atoms with Crippen LogP contribution in [0.3, 0.4) is 0 Å². The number of halogens is 2. The smallest absolute Gasteiger partial charge is 0.387 e. The second-order valence-electron chi connectivity index (χ2n) is 5.98. The summed E-state index contributed by atoms with van der Waals surface area (Å²) in [5.74, 6) is -0.557. The van der Waals surface area contributed by atoms with Gasteiger partial charge in [0.05, 0.1) is 18.1 Å². The molecule has 140 valence electrons. The summed E-state index contributed by atoms with van der Waals surface area (Å²) >= 11 is 1.47. The molecule has 0 unspecified atom stereocenters. The van der Waals surface area contributed by atoms with Gasteiger partial charge in [0.25, 0.3) is 5.91 Å². The number of rotatable bonds is 6. The summed E-state index contributed by atoms with van der Waals surface area (Å²) in [5, 5.41) is 1.88. The van der Waals surface area contributed by atoms with Gasteiger partial charge in [0.1, 0.15) is 5.75 Å². The molecule has 1 saturated heterocycles. The van der Waals surface area contributed by atoms with E-state index in [-0.39, 0.29) is 29.4 Å². The Bertz CT molecular complexity index is 869. The van der Waals surface area contributed by atoms with E-state index in [4.69, 9.17) is 0 Å². The number of benzene rings is 1. The Labute approximate surface area is 154 Å². The van der Waals surface area contributed by atoms with Gasteiger partial charge in [0.2, 0.25) is 0 Å². The highest BCUT2D eigenvalue weighted by molar-refractivity contribution is 7.91. The van der Waals surface area contributed by atoms with E-state index in [2.05, 4.69) is 4.74 Å². The minimum absolute atomic E-state index is 0.0421. The molecule has 0 N–H and O–H groups in total. The van der Waals surface area contributed by atoms with Gasteiger partial charge in [-0.25, -0.2) is 8.42 Å². The lowest BCUT2D eigenvalue weighted by Gasteiger charge is -2.28. The Hall–Kier alpha value is -2.00. The van der Waals surface area contributed by atoms with Gasteiger partial charge in [-0.05, 0) is 36.1 Å². The fourth-order valence-corrected chi connectivity index (χ4v) is 5.36. The van der Waals surface area contributed by atoms with Gasteiger partial charge in [-0.3, -0.25) is 4.79 Å². The number of alkyl halides is 2. The summed E-state index contributed by atoms with van der Waals surface area (Å²) in [5.41, 5.74) is 0.184. The van der Waals surface area contributed by atoms with Crippen molar-refractivity contribution in [3.8, 4) is 5.75 Å². The molecule has 1 amide bonds. The molecule has 2 heterocycles. The molecular formula is C17H17F2NO4S2. The maximum absolute atomic E-state index is 13.0. The van der Waals surface area contributed by atoms with Crippen LogP contribution in [0.2, 0.25) is 0 Å². The van der Waals surface area contributed by atoms with Crippen molar-refractivity contribution in [3.05, 3.63) is 52.2 Å². The van der Waals surface area contributed by atoms with Crippen molar-refractivity contribution in [3.63, 3.8) is 0 Å². The lowest BCUT2D eigenvalue weighted by Crippen LogP contribution is -2.40. The fourth-order valence-electron chi connectivity index (χ4n) is 2.93. The molecule has 1 fully saturated rings. The zero-order valence-electron chi connectivity index (χ0n) is 13.7. The third-order valence-electron chi connectivity index (χ3n) is 4.12. The molecule has 1 atom stereocenters. The molecule has 1 aromatic carbocycles. The van der Waals surface area contributed by atoms with Gasteiger partial charge in [-0.1, -0.05) is 12.1 Å². The quantitative estimate of drug-likeness (QED) is 0.746. The first kappa shape index (κ1) is 18.8. The first-order valence-corrected chi connectivity index (χ1v) is 10.6. The number of ether oxygens (including phenoxy) is 1. The Morgan fingerprint density at radius 3 is 2.73 bits per heavy atom. The number of amides is 1. The van der Waals surface area contributed by atoms with E-state index in [0.717, 1.165) is 4.88 Å². The monoisotopic (exact) mass is 401 g/mol. The number of hydrogen-bond acceptors (Lipinski definition) is 5. The van der Waals surface area contributed by atoms with Crippen LogP contribution in [0.4, 0.5) is 8.78 Å². The molecule has 5 nitrogen and oxygen atoms in total. The normalized spacial score (nSPS) is 18.8. The first-order chi connectivity index (χ1) is 12.3. The molecule has 0 aliphatic carbocycles. The average molecular weight is 401 g/mol. The lowest BCUT2D eigenvalue weighted by molar-refractivity contribution is -0.0499. The standard InChI is InChI=1S/C17H17F2NO4S2/c18-17(19)24-14-4-1-3-12(9-14)16(21)20(10-15-5-2-7-25-15)13-6-8-26(22,23)11-13/h1-5,7,9,13,17H,6,8,10-11H2/t13-/m0/s1. The summed E-state index contributed by atoms with van der Waals surface area (Å²) in [6.45, 7) is -2.71. The van der Waals surface area contributed by atoms with Crippen molar-refractivity contribution >= 4 is 27.1 Å². The maximum Gasteiger partial charge on any atom is 0.387 e. The van der Waals surface area contributed by atoms with Crippen molar-refractivity contribution in [2.24, 2.45) is 0 Å². The SMILES string of the molecule is O=C(c1cccc(OC(F)F)c1)N(Cc1cccs1)[C@H]1CCS(=O)(=O)C1. The van der Waals surface area contributed by atoms with Crippen LogP contribution in [0.1, 0.15) is 21.7 Å². The summed E-state index contributed by atoms with van der Waals surface area (Å²) in [4.78, 5) is 15.4. The number of sulfone groups is 1. The molecular weight excluding hydrogens is 384 g/mol. The minimum Gasteiger partial charge on any atom is -0.435 e. The van der Waals surface area contributed by atoms with Gasteiger partial charge in [-0.2, -0.15) is 8.78 Å².